The zero-order chi connectivity index (χ0) is 13.4. The van der Waals surface area contributed by atoms with Crippen molar-refractivity contribution in [3.05, 3.63) is 29.5 Å². The Kier molecular flexibility index (Phi) is 2.98. The zero-order valence-corrected chi connectivity index (χ0v) is 11.0. The molecule has 2 heterocycles. The number of rotatable bonds is 2. The molecule has 19 heavy (non-hydrogen) atoms. The molecule has 1 unspecified atom stereocenters. The molecule has 2 aromatic rings. The highest BCUT2D eigenvalue weighted by Crippen LogP contribution is 2.25. The Bertz CT molecular complexity index is 626. The van der Waals surface area contributed by atoms with E-state index in [1.54, 1.807) is 6.07 Å². The second-order valence-electron chi connectivity index (χ2n) is 5.06. The van der Waals surface area contributed by atoms with Gasteiger partial charge in [0.15, 0.2) is 0 Å². The topological polar surface area (TPSA) is 72.9 Å². The number of carbonyl (C=O) groups is 1. The first-order chi connectivity index (χ1) is 9.18. The third-order valence-corrected chi connectivity index (χ3v) is 3.82. The Morgan fingerprint density at radius 2 is 2.32 bits per heavy atom. The summed E-state index contributed by atoms with van der Waals surface area (Å²) in [6, 6.07) is 5.58. The minimum atomic E-state index is -0.424. The molecule has 0 saturated carbocycles. The summed E-state index contributed by atoms with van der Waals surface area (Å²) in [6.07, 6.45) is 3.71. The van der Waals surface area contributed by atoms with Crippen LogP contribution in [0.4, 0.5) is 0 Å². The van der Waals surface area contributed by atoms with Gasteiger partial charge in [-0.2, -0.15) is 5.10 Å². The van der Waals surface area contributed by atoms with Gasteiger partial charge in [0.2, 0.25) is 0 Å². The van der Waals surface area contributed by atoms with E-state index in [4.69, 9.17) is 5.73 Å². The summed E-state index contributed by atoms with van der Waals surface area (Å²) < 4.78 is 2.00. The molecule has 1 aliphatic heterocycles. The summed E-state index contributed by atoms with van der Waals surface area (Å²) in [5.41, 5.74) is 7.70. The normalized spacial score (nSPS) is 19.7. The molecule has 3 rings (SSSR count). The second-order valence-corrected chi connectivity index (χ2v) is 5.06. The van der Waals surface area contributed by atoms with Gasteiger partial charge in [0.1, 0.15) is 11.7 Å². The Morgan fingerprint density at radius 1 is 1.47 bits per heavy atom. The summed E-state index contributed by atoms with van der Waals surface area (Å²) in [5.74, 6) is -0.424. The SMILES string of the molecule is Cc1c2cccc(C(N)=O)c2nn1C1CCCCN1. The van der Waals surface area contributed by atoms with Crippen molar-refractivity contribution in [1.29, 1.82) is 0 Å². The van der Waals surface area contributed by atoms with E-state index >= 15 is 0 Å². The molecule has 5 nitrogen and oxygen atoms in total. The predicted octanol–water partition coefficient (Wildman–Crippen LogP) is 1.72. The van der Waals surface area contributed by atoms with Crippen LogP contribution < -0.4 is 11.1 Å². The van der Waals surface area contributed by atoms with E-state index in [9.17, 15) is 4.79 Å². The summed E-state index contributed by atoms with van der Waals surface area (Å²) in [6.45, 7) is 3.05. The molecular formula is C14H18N4O. The lowest BCUT2D eigenvalue weighted by Crippen LogP contribution is -2.32. The average molecular weight is 258 g/mol. The summed E-state index contributed by atoms with van der Waals surface area (Å²) in [4.78, 5) is 11.5. The van der Waals surface area contributed by atoms with Gasteiger partial charge in [0, 0.05) is 11.1 Å². The molecule has 1 amide bonds. The number of hydrogen-bond acceptors (Lipinski definition) is 3. The number of benzene rings is 1. The molecule has 1 aromatic heterocycles. The van der Waals surface area contributed by atoms with E-state index in [0.29, 0.717) is 11.1 Å². The number of piperidine rings is 1. The van der Waals surface area contributed by atoms with Crippen molar-refractivity contribution in [2.24, 2.45) is 5.73 Å². The molecule has 0 spiro atoms. The monoisotopic (exact) mass is 258 g/mol. The van der Waals surface area contributed by atoms with Crippen LogP contribution >= 0.6 is 0 Å². The first kappa shape index (κ1) is 12.2. The van der Waals surface area contributed by atoms with Gasteiger partial charge in [-0.25, -0.2) is 0 Å². The number of amides is 1. The Morgan fingerprint density at radius 3 is 3.00 bits per heavy atom. The number of aryl methyl sites for hydroxylation is 1. The van der Waals surface area contributed by atoms with Gasteiger partial charge in [-0.3, -0.25) is 14.8 Å². The number of fused-ring (bicyclic) bond motifs is 1. The molecule has 0 aliphatic carbocycles. The van der Waals surface area contributed by atoms with Crippen molar-refractivity contribution in [1.82, 2.24) is 15.1 Å². The standard InChI is InChI=1S/C14H18N4O/c1-9-10-5-4-6-11(14(15)19)13(10)17-18(9)12-7-2-3-8-16-12/h4-6,12,16H,2-3,7-8H2,1H3,(H2,15,19). The quantitative estimate of drug-likeness (QED) is 0.861. The van der Waals surface area contributed by atoms with Crippen LogP contribution in [-0.4, -0.2) is 22.2 Å². The van der Waals surface area contributed by atoms with Crippen molar-refractivity contribution in [3.8, 4) is 0 Å². The van der Waals surface area contributed by atoms with E-state index in [0.717, 1.165) is 24.0 Å². The summed E-state index contributed by atoms with van der Waals surface area (Å²) in [7, 11) is 0. The minimum Gasteiger partial charge on any atom is -0.366 e. The molecular weight excluding hydrogens is 240 g/mol. The van der Waals surface area contributed by atoms with Crippen molar-refractivity contribution in [2.75, 3.05) is 6.54 Å². The maximum Gasteiger partial charge on any atom is 0.250 e. The molecule has 5 heteroatoms. The third kappa shape index (κ3) is 2.00. The summed E-state index contributed by atoms with van der Waals surface area (Å²) >= 11 is 0. The highest BCUT2D eigenvalue weighted by molar-refractivity contribution is 6.05. The van der Waals surface area contributed by atoms with Gasteiger partial charge < -0.3 is 5.73 Å². The van der Waals surface area contributed by atoms with Crippen LogP contribution in [0.25, 0.3) is 10.9 Å². The van der Waals surface area contributed by atoms with Crippen LogP contribution in [0.1, 0.15) is 41.5 Å². The summed E-state index contributed by atoms with van der Waals surface area (Å²) in [5, 5.41) is 9.08. The molecule has 100 valence electrons. The number of nitrogens with one attached hydrogen (secondary N) is 1. The van der Waals surface area contributed by atoms with Crippen molar-refractivity contribution in [2.45, 2.75) is 32.4 Å². The zero-order valence-electron chi connectivity index (χ0n) is 11.0. The van der Waals surface area contributed by atoms with Gasteiger partial charge in [-0.15, -0.1) is 0 Å². The first-order valence-corrected chi connectivity index (χ1v) is 6.69. The van der Waals surface area contributed by atoms with Crippen LogP contribution in [0, 0.1) is 6.92 Å². The van der Waals surface area contributed by atoms with E-state index in [-0.39, 0.29) is 6.17 Å². The van der Waals surface area contributed by atoms with Gasteiger partial charge in [0.25, 0.3) is 5.91 Å². The lowest BCUT2D eigenvalue weighted by molar-refractivity contribution is 0.100. The molecule has 1 fully saturated rings. The Hall–Kier alpha value is -1.88. The molecule has 1 aromatic carbocycles. The number of aromatic nitrogens is 2. The van der Waals surface area contributed by atoms with Crippen LogP contribution in [0.3, 0.4) is 0 Å². The van der Waals surface area contributed by atoms with Gasteiger partial charge in [-0.1, -0.05) is 12.1 Å². The van der Waals surface area contributed by atoms with Crippen LogP contribution in [0.5, 0.6) is 0 Å². The number of carbonyl (C=O) groups excluding carboxylic acids is 1. The number of hydrogen-bond donors (Lipinski definition) is 2. The maximum absolute atomic E-state index is 11.5. The highest BCUT2D eigenvalue weighted by atomic mass is 16.1. The molecule has 1 saturated heterocycles. The van der Waals surface area contributed by atoms with Crippen LogP contribution in [0.2, 0.25) is 0 Å². The fraction of sp³-hybridized carbons (Fsp3) is 0.429. The van der Waals surface area contributed by atoms with Gasteiger partial charge in [-0.05, 0) is 38.8 Å². The second kappa shape index (κ2) is 4.66. The van der Waals surface area contributed by atoms with E-state index in [1.807, 2.05) is 23.7 Å². The average Bonchev–Trinajstić information content (AvgIpc) is 2.77. The fourth-order valence-corrected chi connectivity index (χ4v) is 2.79. The number of primary amides is 1. The van der Waals surface area contributed by atoms with E-state index < -0.39 is 5.91 Å². The van der Waals surface area contributed by atoms with E-state index in [1.165, 1.54) is 12.8 Å². The van der Waals surface area contributed by atoms with Gasteiger partial charge >= 0.3 is 0 Å². The first-order valence-electron chi connectivity index (χ1n) is 6.69. The fourth-order valence-electron chi connectivity index (χ4n) is 2.79. The molecule has 3 N–H and O–H groups in total. The van der Waals surface area contributed by atoms with Crippen molar-refractivity contribution >= 4 is 16.8 Å². The smallest absolute Gasteiger partial charge is 0.250 e. The maximum atomic E-state index is 11.5. The predicted molar refractivity (Wildman–Crippen MR) is 73.9 cm³/mol. The Balaban J connectivity index is 2.13. The molecule has 1 aliphatic rings. The van der Waals surface area contributed by atoms with Crippen LogP contribution in [-0.2, 0) is 0 Å². The number of nitrogens with zero attached hydrogens (tertiary/aromatic N) is 2. The lowest BCUT2D eigenvalue weighted by atomic mass is 10.1. The number of nitrogens with two attached hydrogens (primary N) is 1. The minimum absolute atomic E-state index is 0.224. The molecule has 0 bridgehead atoms. The third-order valence-electron chi connectivity index (χ3n) is 3.82. The van der Waals surface area contributed by atoms with Crippen molar-refractivity contribution < 1.29 is 4.79 Å². The lowest BCUT2D eigenvalue weighted by Gasteiger charge is -2.24. The Labute approximate surface area is 111 Å². The largest absolute Gasteiger partial charge is 0.366 e. The molecule has 1 atom stereocenters. The molecule has 0 radical (unpaired) electrons. The van der Waals surface area contributed by atoms with Gasteiger partial charge in [0.05, 0.1) is 5.56 Å². The highest BCUT2D eigenvalue weighted by Gasteiger charge is 2.20. The van der Waals surface area contributed by atoms with Crippen molar-refractivity contribution in [3.63, 3.8) is 0 Å². The van der Waals surface area contributed by atoms with Crippen LogP contribution in [0.15, 0.2) is 18.2 Å². The van der Waals surface area contributed by atoms with E-state index in [2.05, 4.69) is 10.4 Å².